The molecule has 0 amide bonds. The van der Waals surface area contributed by atoms with Crippen molar-refractivity contribution < 1.29 is 19.1 Å². The van der Waals surface area contributed by atoms with Gasteiger partial charge in [-0.25, -0.2) is 4.79 Å². The van der Waals surface area contributed by atoms with Gasteiger partial charge in [0.1, 0.15) is 5.60 Å². The second kappa shape index (κ2) is 9.22. The molecule has 0 spiro atoms. The lowest BCUT2D eigenvalue weighted by Gasteiger charge is -2.19. The van der Waals surface area contributed by atoms with Crippen molar-refractivity contribution in [2.75, 3.05) is 19.0 Å². The maximum absolute atomic E-state index is 11.6. The van der Waals surface area contributed by atoms with Crippen molar-refractivity contribution in [3.8, 4) is 0 Å². The zero-order valence-electron chi connectivity index (χ0n) is 14.5. The summed E-state index contributed by atoms with van der Waals surface area (Å²) < 4.78 is 9.86. The molecule has 0 aliphatic heterocycles. The first-order valence-electron chi connectivity index (χ1n) is 7.66. The third-order valence-corrected chi connectivity index (χ3v) is 3.07. The van der Waals surface area contributed by atoms with E-state index < -0.39 is 5.60 Å². The van der Waals surface area contributed by atoms with E-state index in [0.29, 0.717) is 30.1 Å². The number of anilines is 1. The van der Waals surface area contributed by atoms with Gasteiger partial charge in [-0.3, -0.25) is 4.79 Å². The van der Waals surface area contributed by atoms with E-state index in [9.17, 15) is 9.59 Å². The van der Waals surface area contributed by atoms with Crippen LogP contribution in [-0.2, 0) is 14.3 Å². The molecule has 6 nitrogen and oxygen atoms in total. The summed E-state index contributed by atoms with van der Waals surface area (Å²) in [5, 5.41) is 6.47. The second-order valence-electron chi connectivity index (χ2n) is 6.14. The summed E-state index contributed by atoms with van der Waals surface area (Å²) in [5.74, 6) is -0.606. The normalized spacial score (nSPS) is 10.7. The molecule has 0 bridgehead atoms. The standard InChI is InChI=1S/C17H24N2O4S/c1-17(2,3)23-14(20)6-5-11-18-16(24)19-13-9-7-12(8-10-13)15(21)22-4/h7-10H,5-6,11H2,1-4H3,(H2,18,19,24). The van der Waals surface area contributed by atoms with Gasteiger partial charge in [0.15, 0.2) is 5.11 Å². The molecule has 132 valence electrons. The lowest BCUT2D eigenvalue weighted by molar-refractivity contribution is -0.154. The molecule has 0 unspecified atom stereocenters. The summed E-state index contributed by atoms with van der Waals surface area (Å²) in [5.41, 5.74) is 0.768. The average molecular weight is 352 g/mol. The van der Waals surface area contributed by atoms with Gasteiger partial charge in [-0.15, -0.1) is 0 Å². The molecular formula is C17H24N2O4S. The number of nitrogens with one attached hydrogen (secondary N) is 2. The lowest BCUT2D eigenvalue weighted by Crippen LogP contribution is -2.30. The van der Waals surface area contributed by atoms with E-state index >= 15 is 0 Å². The van der Waals surface area contributed by atoms with Crippen LogP contribution in [-0.4, -0.2) is 36.3 Å². The molecule has 7 heteroatoms. The average Bonchev–Trinajstić information content (AvgIpc) is 2.50. The quantitative estimate of drug-likeness (QED) is 0.463. The topological polar surface area (TPSA) is 76.7 Å². The van der Waals surface area contributed by atoms with Crippen molar-refractivity contribution in [2.24, 2.45) is 0 Å². The summed E-state index contributed by atoms with van der Waals surface area (Å²) in [6.07, 6.45) is 0.957. The van der Waals surface area contributed by atoms with Crippen LogP contribution in [0.2, 0.25) is 0 Å². The second-order valence-corrected chi connectivity index (χ2v) is 6.55. The van der Waals surface area contributed by atoms with Crippen molar-refractivity contribution in [3.63, 3.8) is 0 Å². The molecule has 0 atom stereocenters. The highest BCUT2D eigenvalue weighted by Gasteiger charge is 2.15. The van der Waals surface area contributed by atoms with Crippen molar-refractivity contribution in [3.05, 3.63) is 29.8 Å². The van der Waals surface area contributed by atoms with Gasteiger partial charge in [-0.1, -0.05) is 0 Å². The third kappa shape index (κ3) is 7.92. The van der Waals surface area contributed by atoms with Crippen LogP contribution in [0.5, 0.6) is 0 Å². The van der Waals surface area contributed by atoms with Gasteiger partial charge < -0.3 is 20.1 Å². The number of carbonyl (C=O) groups excluding carboxylic acids is 2. The first kappa shape index (κ1) is 19.9. The molecule has 1 aromatic carbocycles. The van der Waals surface area contributed by atoms with Crippen molar-refractivity contribution in [2.45, 2.75) is 39.2 Å². The van der Waals surface area contributed by atoms with Crippen LogP contribution in [0.25, 0.3) is 0 Å². The van der Waals surface area contributed by atoms with Gasteiger partial charge in [-0.2, -0.15) is 0 Å². The molecule has 24 heavy (non-hydrogen) atoms. The molecular weight excluding hydrogens is 328 g/mol. The predicted octanol–water partition coefficient (Wildman–Crippen LogP) is 2.88. The molecule has 0 saturated heterocycles. The van der Waals surface area contributed by atoms with Gasteiger partial charge >= 0.3 is 11.9 Å². The minimum atomic E-state index is -0.461. The first-order valence-corrected chi connectivity index (χ1v) is 8.07. The Morgan fingerprint density at radius 3 is 2.33 bits per heavy atom. The van der Waals surface area contributed by atoms with Crippen molar-refractivity contribution in [1.29, 1.82) is 0 Å². The van der Waals surface area contributed by atoms with Gasteiger partial charge in [0.25, 0.3) is 0 Å². The Hall–Kier alpha value is -2.15. The van der Waals surface area contributed by atoms with Gasteiger partial charge in [-0.05, 0) is 63.7 Å². The lowest BCUT2D eigenvalue weighted by atomic mass is 10.2. The summed E-state index contributed by atoms with van der Waals surface area (Å²) in [7, 11) is 1.34. The van der Waals surface area contributed by atoms with E-state index in [2.05, 4.69) is 15.4 Å². The Morgan fingerprint density at radius 2 is 1.79 bits per heavy atom. The van der Waals surface area contributed by atoms with Crippen molar-refractivity contribution >= 4 is 35.0 Å². The van der Waals surface area contributed by atoms with Crippen LogP contribution >= 0.6 is 12.2 Å². The smallest absolute Gasteiger partial charge is 0.337 e. The monoisotopic (exact) mass is 352 g/mol. The van der Waals surface area contributed by atoms with Crippen LogP contribution < -0.4 is 10.6 Å². The fourth-order valence-corrected chi connectivity index (χ4v) is 2.03. The Kier molecular flexibility index (Phi) is 7.64. The number of esters is 2. The first-order chi connectivity index (χ1) is 11.2. The number of ether oxygens (including phenoxy) is 2. The number of methoxy groups -OCH3 is 1. The van der Waals surface area contributed by atoms with E-state index in [1.807, 2.05) is 20.8 Å². The minimum absolute atomic E-state index is 0.221. The largest absolute Gasteiger partial charge is 0.465 e. The number of carbonyl (C=O) groups is 2. The highest BCUT2D eigenvalue weighted by Crippen LogP contribution is 2.11. The fourth-order valence-electron chi connectivity index (χ4n) is 1.81. The number of rotatable bonds is 6. The van der Waals surface area contributed by atoms with Crippen LogP contribution in [0.1, 0.15) is 44.0 Å². The molecule has 0 fully saturated rings. The molecule has 0 aliphatic rings. The Bertz CT molecular complexity index is 579. The summed E-state index contributed by atoms with van der Waals surface area (Å²) in [6.45, 7) is 6.08. The number of hydrogen-bond donors (Lipinski definition) is 2. The van der Waals surface area contributed by atoms with E-state index in [1.54, 1.807) is 24.3 Å². The fraction of sp³-hybridized carbons (Fsp3) is 0.471. The van der Waals surface area contributed by atoms with Crippen molar-refractivity contribution in [1.82, 2.24) is 5.32 Å². The van der Waals surface area contributed by atoms with Gasteiger partial charge in [0.2, 0.25) is 0 Å². The highest BCUT2D eigenvalue weighted by atomic mass is 32.1. The zero-order chi connectivity index (χ0) is 18.2. The SMILES string of the molecule is COC(=O)c1ccc(NC(=S)NCCCC(=O)OC(C)(C)C)cc1. The molecule has 0 aromatic heterocycles. The Morgan fingerprint density at radius 1 is 1.17 bits per heavy atom. The number of thiocarbonyl (C=S) groups is 1. The van der Waals surface area contributed by atoms with Crippen LogP contribution in [0.15, 0.2) is 24.3 Å². The molecule has 1 rings (SSSR count). The highest BCUT2D eigenvalue weighted by molar-refractivity contribution is 7.80. The number of hydrogen-bond acceptors (Lipinski definition) is 5. The maximum Gasteiger partial charge on any atom is 0.337 e. The summed E-state index contributed by atoms with van der Waals surface area (Å²) in [4.78, 5) is 22.9. The zero-order valence-corrected chi connectivity index (χ0v) is 15.3. The van der Waals surface area contributed by atoms with Gasteiger partial charge in [0, 0.05) is 18.7 Å². The van der Waals surface area contributed by atoms with Crippen LogP contribution in [0.4, 0.5) is 5.69 Å². The van der Waals surface area contributed by atoms with E-state index in [4.69, 9.17) is 17.0 Å². The van der Waals surface area contributed by atoms with E-state index in [-0.39, 0.29) is 11.9 Å². The minimum Gasteiger partial charge on any atom is -0.465 e. The molecule has 1 aromatic rings. The molecule has 0 radical (unpaired) electrons. The third-order valence-electron chi connectivity index (χ3n) is 2.83. The van der Waals surface area contributed by atoms with E-state index in [1.165, 1.54) is 7.11 Å². The van der Waals surface area contributed by atoms with E-state index in [0.717, 1.165) is 5.69 Å². The predicted molar refractivity (Wildman–Crippen MR) is 97.1 cm³/mol. The van der Waals surface area contributed by atoms with Crippen LogP contribution in [0, 0.1) is 0 Å². The summed E-state index contributed by atoms with van der Waals surface area (Å²) >= 11 is 5.18. The Labute approximate surface area is 147 Å². The number of benzene rings is 1. The molecule has 0 saturated carbocycles. The molecule has 0 aliphatic carbocycles. The summed E-state index contributed by atoms with van der Waals surface area (Å²) in [6, 6.07) is 6.78. The molecule has 0 heterocycles. The van der Waals surface area contributed by atoms with Crippen LogP contribution in [0.3, 0.4) is 0 Å². The maximum atomic E-state index is 11.6. The van der Waals surface area contributed by atoms with Gasteiger partial charge in [0.05, 0.1) is 12.7 Å². The Balaban J connectivity index is 2.29. The molecule has 2 N–H and O–H groups in total.